The van der Waals surface area contributed by atoms with Crippen molar-refractivity contribution in [2.24, 2.45) is 17.8 Å². The predicted molar refractivity (Wildman–Crippen MR) is 160 cm³/mol. The van der Waals surface area contributed by atoms with Crippen molar-refractivity contribution in [1.82, 2.24) is 9.97 Å². The number of carbonyl (C=O) groups is 3. The van der Waals surface area contributed by atoms with Gasteiger partial charge in [-0.15, -0.1) is 11.3 Å². The first-order valence-electron chi connectivity index (χ1n) is 14.5. The first-order chi connectivity index (χ1) is 20.0. The van der Waals surface area contributed by atoms with Crippen LogP contribution in [0.1, 0.15) is 51.4 Å². The van der Waals surface area contributed by atoms with Crippen LogP contribution in [0.4, 0.5) is 10.9 Å². The summed E-state index contributed by atoms with van der Waals surface area (Å²) in [7, 11) is 0. The quantitative estimate of drug-likeness (QED) is 0.340. The normalized spacial score (nSPS) is 21.9. The molecule has 2 aliphatic heterocycles. The van der Waals surface area contributed by atoms with E-state index >= 15 is 0 Å². The van der Waals surface area contributed by atoms with E-state index in [1.165, 1.54) is 11.3 Å². The molecule has 1 saturated carbocycles. The molecule has 3 aliphatic rings. The molecule has 212 valence electrons. The number of hydrogen-bond acceptors (Lipinski definition) is 6. The highest BCUT2D eigenvalue weighted by Gasteiger charge is 2.39. The van der Waals surface area contributed by atoms with E-state index < -0.39 is 11.9 Å². The number of anilines is 2. The third-order valence-corrected chi connectivity index (χ3v) is 9.56. The zero-order valence-electron chi connectivity index (χ0n) is 22.9. The number of aromatic nitrogens is 2. The van der Waals surface area contributed by atoms with Crippen LogP contribution in [0.25, 0.3) is 22.4 Å². The second kappa shape index (κ2) is 11.9. The average molecular weight is 571 g/mol. The van der Waals surface area contributed by atoms with Crippen molar-refractivity contribution < 1.29 is 19.5 Å². The van der Waals surface area contributed by atoms with E-state index in [1.54, 1.807) is 16.0 Å². The number of rotatable bonds is 7. The van der Waals surface area contributed by atoms with Crippen molar-refractivity contribution in [3.63, 3.8) is 0 Å². The SMILES string of the molecule is O=C(O)CC1C(=O)N(c2nc(-c3ccccc3-c3ccc(N4CCCC4=O)nc3)cs2)CC=CCC1C1CCCC1. The number of carboxylic acid groups (broad SMARTS) is 1. The number of carbonyl (C=O) groups excluding carboxylic acids is 2. The van der Waals surface area contributed by atoms with Crippen LogP contribution >= 0.6 is 11.3 Å². The third kappa shape index (κ3) is 5.68. The van der Waals surface area contributed by atoms with Crippen LogP contribution in [0, 0.1) is 17.8 Å². The van der Waals surface area contributed by atoms with Crippen molar-refractivity contribution in [2.75, 3.05) is 22.9 Å². The molecule has 41 heavy (non-hydrogen) atoms. The Morgan fingerprint density at radius 3 is 2.51 bits per heavy atom. The summed E-state index contributed by atoms with van der Waals surface area (Å²) in [6.45, 7) is 1.07. The maximum Gasteiger partial charge on any atom is 0.304 e. The predicted octanol–water partition coefficient (Wildman–Crippen LogP) is 6.19. The first kappa shape index (κ1) is 27.3. The van der Waals surface area contributed by atoms with Crippen LogP contribution in [0.15, 0.2) is 60.1 Å². The van der Waals surface area contributed by atoms with E-state index in [2.05, 4.69) is 11.1 Å². The molecule has 6 rings (SSSR count). The highest BCUT2D eigenvalue weighted by atomic mass is 32.1. The van der Waals surface area contributed by atoms with Crippen LogP contribution in [0.2, 0.25) is 0 Å². The molecule has 4 heterocycles. The third-order valence-electron chi connectivity index (χ3n) is 8.70. The molecule has 0 radical (unpaired) electrons. The summed E-state index contributed by atoms with van der Waals surface area (Å²) < 4.78 is 0. The molecule has 0 spiro atoms. The molecule has 1 saturated heterocycles. The molecule has 2 fully saturated rings. The summed E-state index contributed by atoms with van der Waals surface area (Å²) in [6.07, 6.45) is 12.3. The van der Waals surface area contributed by atoms with Gasteiger partial charge in [0.05, 0.1) is 18.0 Å². The average Bonchev–Trinajstić information content (AvgIpc) is 3.76. The topological polar surface area (TPSA) is 104 Å². The molecule has 2 unspecified atom stereocenters. The number of thiazole rings is 1. The van der Waals surface area contributed by atoms with Gasteiger partial charge in [0.15, 0.2) is 5.13 Å². The Kier molecular flexibility index (Phi) is 7.96. The number of amides is 2. The van der Waals surface area contributed by atoms with Crippen molar-refractivity contribution >= 4 is 40.1 Å². The summed E-state index contributed by atoms with van der Waals surface area (Å²) in [5, 5.41) is 12.3. The summed E-state index contributed by atoms with van der Waals surface area (Å²) in [5.74, 6) is -0.443. The lowest BCUT2D eigenvalue weighted by Gasteiger charge is -2.34. The summed E-state index contributed by atoms with van der Waals surface area (Å²) in [4.78, 5) is 50.9. The highest BCUT2D eigenvalue weighted by Crippen LogP contribution is 2.41. The number of nitrogens with zero attached hydrogens (tertiary/aromatic N) is 4. The van der Waals surface area contributed by atoms with E-state index in [4.69, 9.17) is 4.98 Å². The maximum absolute atomic E-state index is 14.0. The number of allylic oxidation sites excluding steroid dienone is 1. The lowest BCUT2D eigenvalue weighted by atomic mass is 9.75. The molecular formula is C32H34N4O4S. The Bertz CT molecular complexity index is 1460. The molecular weight excluding hydrogens is 536 g/mol. The Morgan fingerprint density at radius 2 is 1.80 bits per heavy atom. The Balaban J connectivity index is 1.28. The Hall–Kier alpha value is -3.85. The van der Waals surface area contributed by atoms with Gasteiger partial charge in [-0.2, -0.15) is 0 Å². The molecule has 1 aromatic carbocycles. The molecule has 2 aromatic heterocycles. The van der Waals surface area contributed by atoms with Crippen molar-refractivity contribution in [3.8, 4) is 22.4 Å². The van der Waals surface area contributed by atoms with Gasteiger partial charge in [0.25, 0.3) is 0 Å². The van der Waals surface area contributed by atoms with E-state index in [0.29, 0.717) is 36.4 Å². The molecule has 8 nitrogen and oxygen atoms in total. The van der Waals surface area contributed by atoms with Gasteiger partial charge in [0.2, 0.25) is 11.8 Å². The van der Waals surface area contributed by atoms with Gasteiger partial charge in [-0.3, -0.25) is 24.2 Å². The standard InChI is InChI=1S/C32H34N4O4S/c37-29-13-7-17-35(29)28-15-14-22(19-33-28)24-10-3-4-12-25(24)27-20-41-32(34-27)36-16-6-5-11-23(21-8-1-2-9-21)26(31(36)40)18-30(38)39/h3-6,10,12,14-15,19-21,23,26H,1-2,7-9,11,13,16-18H2,(H,38,39). The van der Waals surface area contributed by atoms with Crippen molar-refractivity contribution in [3.05, 3.63) is 60.1 Å². The summed E-state index contributed by atoms with van der Waals surface area (Å²) in [5.41, 5.74) is 3.54. The van der Waals surface area contributed by atoms with Crippen LogP contribution < -0.4 is 9.80 Å². The summed E-state index contributed by atoms with van der Waals surface area (Å²) >= 11 is 1.40. The molecule has 2 amide bonds. The van der Waals surface area contributed by atoms with Gasteiger partial charge in [0, 0.05) is 42.2 Å². The molecule has 1 aliphatic carbocycles. The fraction of sp³-hybridized carbons (Fsp3) is 0.406. The van der Waals surface area contributed by atoms with E-state index in [0.717, 1.165) is 60.9 Å². The highest BCUT2D eigenvalue weighted by molar-refractivity contribution is 7.14. The lowest BCUT2D eigenvalue weighted by molar-refractivity contribution is -0.142. The number of aliphatic carboxylic acids is 1. The fourth-order valence-corrected chi connectivity index (χ4v) is 7.48. The molecule has 1 N–H and O–H groups in total. The van der Waals surface area contributed by atoms with Crippen LogP contribution in [-0.2, 0) is 14.4 Å². The van der Waals surface area contributed by atoms with Gasteiger partial charge in [-0.05, 0) is 42.4 Å². The minimum Gasteiger partial charge on any atom is -0.481 e. The molecule has 9 heteroatoms. The fourth-order valence-electron chi connectivity index (χ4n) is 6.64. The Labute approximate surface area is 243 Å². The second-order valence-electron chi connectivity index (χ2n) is 11.2. The minimum atomic E-state index is -0.932. The van der Waals surface area contributed by atoms with E-state index in [1.807, 2.05) is 47.9 Å². The molecule has 2 atom stereocenters. The minimum absolute atomic E-state index is 0.0339. The number of pyridine rings is 1. The van der Waals surface area contributed by atoms with Gasteiger partial charge in [-0.1, -0.05) is 62.1 Å². The van der Waals surface area contributed by atoms with Gasteiger partial charge in [0.1, 0.15) is 5.82 Å². The molecule has 3 aromatic rings. The smallest absolute Gasteiger partial charge is 0.304 e. The van der Waals surface area contributed by atoms with Gasteiger partial charge < -0.3 is 5.11 Å². The van der Waals surface area contributed by atoms with E-state index in [9.17, 15) is 19.5 Å². The number of hydrogen-bond donors (Lipinski definition) is 1. The van der Waals surface area contributed by atoms with Crippen LogP contribution in [0.5, 0.6) is 0 Å². The van der Waals surface area contributed by atoms with Crippen LogP contribution in [0.3, 0.4) is 0 Å². The lowest BCUT2D eigenvalue weighted by Crippen LogP contribution is -2.43. The van der Waals surface area contributed by atoms with E-state index in [-0.39, 0.29) is 24.2 Å². The first-order valence-corrected chi connectivity index (χ1v) is 15.4. The zero-order chi connectivity index (χ0) is 28.3. The zero-order valence-corrected chi connectivity index (χ0v) is 23.8. The number of benzene rings is 1. The van der Waals surface area contributed by atoms with Gasteiger partial charge in [-0.25, -0.2) is 9.97 Å². The second-order valence-corrected chi connectivity index (χ2v) is 12.0. The molecule has 0 bridgehead atoms. The van der Waals surface area contributed by atoms with Crippen molar-refractivity contribution in [2.45, 2.75) is 51.4 Å². The Morgan fingerprint density at radius 1 is 1.00 bits per heavy atom. The van der Waals surface area contributed by atoms with Crippen molar-refractivity contribution in [1.29, 1.82) is 0 Å². The number of carboxylic acids is 1. The largest absolute Gasteiger partial charge is 0.481 e. The summed E-state index contributed by atoms with van der Waals surface area (Å²) in [6, 6.07) is 11.8. The maximum atomic E-state index is 14.0. The van der Waals surface area contributed by atoms with Gasteiger partial charge >= 0.3 is 5.97 Å². The monoisotopic (exact) mass is 570 g/mol. The van der Waals surface area contributed by atoms with Crippen LogP contribution in [-0.4, -0.2) is 45.9 Å².